The van der Waals surface area contributed by atoms with E-state index in [-0.39, 0.29) is 5.56 Å². The summed E-state index contributed by atoms with van der Waals surface area (Å²) in [6.45, 7) is 3.99. The molecule has 3 aromatic rings. The molecule has 0 spiro atoms. The summed E-state index contributed by atoms with van der Waals surface area (Å²) in [6, 6.07) is 8.54. The smallest absolute Gasteiger partial charge is 0.278 e. The number of aryl methyl sites for hydroxylation is 1. The van der Waals surface area contributed by atoms with Crippen LogP contribution in [0.1, 0.15) is 24.0 Å². The van der Waals surface area contributed by atoms with Gasteiger partial charge in [-0.25, -0.2) is 4.98 Å². The number of fused-ring (bicyclic) bond motifs is 1. The van der Waals surface area contributed by atoms with Gasteiger partial charge in [0.25, 0.3) is 5.56 Å². The molecule has 0 atom stereocenters. The van der Waals surface area contributed by atoms with Gasteiger partial charge < -0.3 is 9.88 Å². The number of nitrogens with one attached hydrogen (secondary N) is 2. The molecule has 1 aliphatic heterocycles. The number of aromatic amines is 1. The third-order valence-electron chi connectivity index (χ3n) is 4.64. The molecular formula is C18H22N6O. The monoisotopic (exact) mass is 338 g/mol. The predicted molar refractivity (Wildman–Crippen MR) is 97.4 cm³/mol. The van der Waals surface area contributed by atoms with Crippen molar-refractivity contribution < 1.29 is 0 Å². The molecule has 4 rings (SSSR count). The zero-order chi connectivity index (χ0) is 17.2. The maximum absolute atomic E-state index is 12.1. The standard InChI is InChI=1S/C18H22N6O/c1-23-12-20-16-15(23)17(25)22-18(21-16)19-10-13-5-4-6-14(9-13)11-24-7-2-3-8-24/h4-6,9,12H,2-3,7-8,10-11H2,1H3,(H2,19,21,22,25). The zero-order valence-electron chi connectivity index (χ0n) is 14.3. The summed E-state index contributed by atoms with van der Waals surface area (Å²) >= 11 is 0. The lowest BCUT2D eigenvalue weighted by molar-refractivity contribution is 0.331. The predicted octanol–water partition coefficient (Wildman–Crippen LogP) is 1.86. The van der Waals surface area contributed by atoms with Crippen LogP contribution in [-0.2, 0) is 20.1 Å². The normalized spacial score (nSPS) is 15.1. The number of aromatic nitrogens is 4. The number of nitrogens with zero attached hydrogens (tertiary/aromatic N) is 4. The molecule has 1 saturated heterocycles. The van der Waals surface area contributed by atoms with Gasteiger partial charge in [0, 0.05) is 20.1 Å². The molecular weight excluding hydrogens is 316 g/mol. The fourth-order valence-corrected chi connectivity index (χ4v) is 3.37. The van der Waals surface area contributed by atoms with Crippen LogP contribution in [0.4, 0.5) is 5.95 Å². The molecule has 0 amide bonds. The first-order valence-electron chi connectivity index (χ1n) is 8.64. The van der Waals surface area contributed by atoms with Crippen molar-refractivity contribution in [2.45, 2.75) is 25.9 Å². The molecule has 0 bridgehead atoms. The van der Waals surface area contributed by atoms with Crippen LogP contribution in [0.3, 0.4) is 0 Å². The molecule has 2 N–H and O–H groups in total. The Labute approximate surface area is 145 Å². The molecule has 7 nitrogen and oxygen atoms in total. The highest BCUT2D eigenvalue weighted by atomic mass is 16.1. The first kappa shape index (κ1) is 15.8. The summed E-state index contributed by atoms with van der Waals surface area (Å²) in [6.07, 6.45) is 4.20. The van der Waals surface area contributed by atoms with Crippen molar-refractivity contribution in [2.75, 3.05) is 18.4 Å². The third-order valence-corrected chi connectivity index (χ3v) is 4.64. The zero-order valence-corrected chi connectivity index (χ0v) is 14.3. The van der Waals surface area contributed by atoms with E-state index in [1.807, 2.05) is 0 Å². The molecule has 1 fully saturated rings. The van der Waals surface area contributed by atoms with E-state index >= 15 is 0 Å². The lowest BCUT2D eigenvalue weighted by Gasteiger charge is -2.15. The number of hydrogen-bond donors (Lipinski definition) is 2. The van der Waals surface area contributed by atoms with E-state index < -0.39 is 0 Å². The molecule has 0 aliphatic carbocycles. The first-order chi connectivity index (χ1) is 12.2. The van der Waals surface area contributed by atoms with E-state index in [4.69, 9.17) is 0 Å². The molecule has 0 radical (unpaired) electrons. The number of anilines is 1. The molecule has 0 unspecified atom stereocenters. The lowest BCUT2D eigenvalue weighted by Crippen LogP contribution is -2.18. The van der Waals surface area contributed by atoms with Crippen molar-refractivity contribution >= 4 is 17.1 Å². The highest BCUT2D eigenvalue weighted by molar-refractivity contribution is 5.70. The summed E-state index contributed by atoms with van der Waals surface area (Å²) in [4.78, 5) is 25.9. The van der Waals surface area contributed by atoms with Crippen LogP contribution < -0.4 is 10.9 Å². The van der Waals surface area contributed by atoms with Crippen LogP contribution in [-0.4, -0.2) is 37.5 Å². The average molecular weight is 338 g/mol. The molecule has 1 aliphatic rings. The van der Waals surface area contributed by atoms with E-state index in [0.29, 0.717) is 23.7 Å². The van der Waals surface area contributed by atoms with Gasteiger partial charge in [0.2, 0.25) is 5.95 Å². The van der Waals surface area contributed by atoms with Gasteiger partial charge >= 0.3 is 0 Å². The van der Waals surface area contributed by atoms with Gasteiger partial charge in [-0.1, -0.05) is 24.3 Å². The molecule has 3 heterocycles. The Morgan fingerprint density at radius 1 is 1.24 bits per heavy atom. The Hall–Kier alpha value is -2.67. The second-order valence-corrected chi connectivity index (χ2v) is 6.60. The Bertz CT molecular complexity index is 938. The van der Waals surface area contributed by atoms with Gasteiger partial charge in [0.15, 0.2) is 11.2 Å². The van der Waals surface area contributed by atoms with Crippen LogP contribution in [0.15, 0.2) is 35.4 Å². The highest BCUT2D eigenvalue weighted by Crippen LogP contribution is 2.14. The van der Waals surface area contributed by atoms with E-state index in [0.717, 1.165) is 6.54 Å². The number of benzene rings is 1. The minimum absolute atomic E-state index is 0.185. The second kappa shape index (κ2) is 6.68. The Balaban J connectivity index is 1.46. The minimum atomic E-state index is -0.185. The average Bonchev–Trinajstić information content (AvgIpc) is 3.24. The number of rotatable bonds is 5. The van der Waals surface area contributed by atoms with Gasteiger partial charge in [0.05, 0.1) is 6.33 Å². The van der Waals surface area contributed by atoms with Gasteiger partial charge in [-0.2, -0.15) is 4.98 Å². The van der Waals surface area contributed by atoms with Gasteiger partial charge in [0.1, 0.15) is 0 Å². The number of H-pyrrole nitrogens is 1. The molecule has 1 aromatic carbocycles. The van der Waals surface area contributed by atoms with Crippen molar-refractivity contribution in [1.82, 2.24) is 24.4 Å². The van der Waals surface area contributed by atoms with Crippen LogP contribution in [0, 0.1) is 0 Å². The molecule has 2 aromatic heterocycles. The topological polar surface area (TPSA) is 78.8 Å². The quantitative estimate of drug-likeness (QED) is 0.742. The van der Waals surface area contributed by atoms with Crippen molar-refractivity contribution in [1.29, 1.82) is 0 Å². The van der Waals surface area contributed by atoms with E-state index in [1.165, 1.54) is 37.1 Å². The highest BCUT2D eigenvalue weighted by Gasteiger charge is 2.12. The largest absolute Gasteiger partial charge is 0.352 e. The fourth-order valence-electron chi connectivity index (χ4n) is 3.37. The summed E-state index contributed by atoms with van der Waals surface area (Å²) in [5, 5.41) is 3.19. The van der Waals surface area contributed by atoms with Crippen molar-refractivity contribution in [2.24, 2.45) is 7.05 Å². The number of hydrogen-bond acceptors (Lipinski definition) is 5. The molecule has 7 heteroatoms. The molecule has 25 heavy (non-hydrogen) atoms. The van der Waals surface area contributed by atoms with Crippen LogP contribution in [0.5, 0.6) is 0 Å². The summed E-state index contributed by atoms with van der Waals surface area (Å²) in [5.41, 5.74) is 3.24. The van der Waals surface area contributed by atoms with Gasteiger partial charge in [-0.15, -0.1) is 0 Å². The third kappa shape index (κ3) is 3.41. The van der Waals surface area contributed by atoms with Gasteiger partial charge in [-0.05, 0) is 37.1 Å². The molecule has 130 valence electrons. The van der Waals surface area contributed by atoms with Crippen molar-refractivity contribution in [3.05, 3.63) is 52.1 Å². The van der Waals surface area contributed by atoms with E-state index in [2.05, 4.69) is 49.4 Å². The Kier molecular flexibility index (Phi) is 4.23. The summed E-state index contributed by atoms with van der Waals surface area (Å²) in [5.74, 6) is 0.446. The van der Waals surface area contributed by atoms with Gasteiger partial charge in [-0.3, -0.25) is 14.7 Å². The minimum Gasteiger partial charge on any atom is -0.352 e. The SMILES string of the molecule is Cn1cnc2nc(NCc3cccc(CN4CCCC4)c3)[nH]c(=O)c21. The first-order valence-corrected chi connectivity index (χ1v) is 8.64. The summed E-state index contributed by atoms with van der Waals surface area (Å²) < 4.78 is 1.67. The maximum atomic E-state index is 12.1. The van der Waals surface area contributed by atoms with Crippen LogP contribution in [0.25, 0.3) is 11.2 Å². The van der Waals surface area contributed by atoms with Crippen molar-refractivity contribution in [3.63, 3.8) is 0 Å². The summed E-state index contributed by atoms with van der Waals surface area (Å²) in [7, 11) is 1.78. The molecule has 0 saturated carbocycles. The van der Waals surface area contributed by atoms with Crippen LogP contribution >= 0.6 is 0 Å². The Morgan fingerprint density at radius 3 is 2.88 bits per heavy atom. The van der Waals surface area contributed by atoms with E-state index in [9.17, 15) is 4.79 Å². The van der Waals surface area contributed by atoms with Crippen molar-refractivity contribution in [3.8, 4) is 0 Å². The fraction of sp³-hybridized carbons (Fsp3) is 0.389. The maximum Gasteiger partial charge on any atom is 0.278 e. The Morgan fingerprint density at radius 2 is 2.04 bits per heavy atom. The number of likely N-dealkylation sites (tertiary alicyclic amines) is 1. The number of imidazole rings is 1. The lowest BCUT2D eigenvalue weighted by atomic mass is 10.1. The van der Waals surface area contributed by atoms with Crippen LogP contribution in [0.2, 0.25) is 0 Å². The van der Waals surface area contributed by atoms with E-state index in [1.54, 1.807) is 17.9 Å². The second-order valence-electron chi connectivity index (χ2n) is 6.60.